The normalized spacial score (nSPS) is 11.5. The van der Waals surface area contributed by atoms with E-state index < -0.39 is 17.0 Å². The standard InChI is InChI=1S/C10H8ClF3O2/c11-9(15)6-16-5-7-1-3-8(4-2-7)10(12,13)14/h1-4H,5-6H2. The Kier molecular flexibility index (Phi) is 4.32. The number of rotatable bonds is 4. The highest BCUT2D eigenvalue weighted by atomic mass is 35.5. The van der Waals surface area contributed by atoms with Gasteiger partial charge in [-0.15, -0.1) is 0 Å². The molecule has 0 saturated carbocycles. The van der Waals surface area contributed by atoms with Gasteiger partial charge in [0, 0.05) is 0 Å². The Hall–Kier alpha value is -1.07. The van der Waals surface area contributed by atoms with Gasteiger partial charge < -0.3 is 4.74 Å². The minimum atomic E-state index is -4.34. The summed E-state index contributed by atoms with van der Waals surface area (Å²) < 4.78 is 41.4. The van der Waals surface area contributed by atoms with E-state index in [1.807, 2.05) is 0 Å². The van der Waals surface area contributed by atoms with Crippen LogP contribution in [0.15, 0.2) is 24.3 Å². The molecule has 0 saturated heterocycles. The van der Waals surface area contributed by atoms with Gasteiger partial charge in [0.1, 0.15) is 6.61 Å². The maximum Gasteiger partial charge on any atom is 0.416 e. The van der Waals surface area contributed by atoms with Crippen molar-refractivity contribution in [2.24, 2.45) is 0 Å². The quantitative estimate of drug-likeness (QED) is 0.770. The number of carbonyl (C=O) groups excluding carboxylic acids is 1. The lowest BCUT2D eigenvalue weighted by molar-refractivity contribution is -0.137. The number of carbonyl (C=O) groups is 1. The first-order valence-corrected chi connectivity index (χ1v) is 4.69. The van der Waals surface area contributed by atoms with E-state index in [1.165, 1.54) is 12.1 Å². The molecule has 2 nitrogen and oxygen atoms in total. The minimum Gasteiger partial charge on any atom is -0.368 e. The van der Waals surface area contributed by atoms with Crippen LogP contribution in [0.4, 0.5) is 13.2 Å². The number of alkyl halides is 3. The molecule has 0 fully saturated rings. The van der Waals surface area contributed by atoms with Crippen molar-refractivity contribution in [3.8, 4) is 0 Å². The van der Waals surface area contributed by atoms with Gasteiger partial charge in [0.2, 0.25) is 5.24 Å². The van der Waals surface area contributed by atoms with Gasteiger partial charge in [-0.1, -0.05) is 12.1 Å². The largest absolute Gasteiger partial charge is 0.416 e. The van der Waals surface area contributed by atoms with Crippen LogP contribution in [0.2, 0.25) is 0 Å². The maximum atomic E-state index is 12.2. The van der Waals surface area contributed by atoms with E-state index in [2.05, 4.69) is 0 Å². The highest BCUT2D eigenvalue weighted by Gasteiger charge is 2.29. The maximum absolute atomic E-state index is 12.2. The summed E-state index contributed by atoms with van der Waals surface area (Å²) in [4.78, 5) is 10.3. The topological polar surface area (TPSA) is 26.3 Å². The molecular weight excluding hydrogens is 245 g/mol. The number of hydrogen-bond donors (Lipinski definition) is 0. The van der Waals surface area contributed by atoms with Crippen LogP contribution in [0.3, 0.4) is 0 Å². The van der Waals surface area contributed by atoms with E-state index >= 15 is 0 Å². The summed E-state index contributed by atoms with van der Waals surface area (Å²) in [5, 5.41) is -0.646. The fourth-order valence-corrected chi connectivity index (χ4v) is 1.12. The molecule has 0 aromatic heterocycles. The van der Waals surface area contributed by atoms with E-state index in [1.54, 1.807) is 0 Å². The lowest BCUT2D eigenvalue weighted by atomic mass is 10.1. The Morgan fingerprint density at radius 3 is 2.25 bits per heavy atom. The van der Waals surface area contributed by atoms with Crippen LogP contribution in [-0.2, 0) is 22.3 Å². The van der Waals surface area contributed by atoms with Crippen molar-refractivity contribution in [2.75, 3.05) is 6.61 Å². The lowest BCUT2D eigenvalue weighted by Crippen LogP contribution is -2.05. The minimum absolute atomic E-state index is 0.0522. The highest BCUT2D eigenvalue weighted by molar-refractivity contribution is 6.63. The molecule has 1 aromatic carbocycles. The molecule has 0 aliphatic heterocycles. The molecule has 16 heavy (non-hydrogen) atoms. The van der Waals surface area contributed by atoms with E-state index in [9.17, 15) is 18.0 Å². The average Bonchev–Trinajstić information content (AvgIpc) is 2.16. The lowest BCUT2D eigenvalue weighted by Gasteiger charge is -2.07. The molecule has 1 rings (SSSR count). The molecule has 0 heterocycles. The van der Waals surface area contributed by atoms with Gasteiger partial charge in [-0.3, -0.25) is 4.79 Å². The molecular formula is C10H8ClF3O2. The first-order valence-electron chi connectivity index (χ1n) is 4.32. The Balaban J connectivity index is 2.55. The molecule has 0 N–H and O–H groups in total. The summed E-state index contributed by atoms with van der Waals surface area (Å²) in [6.07, 6.45) is -4.34. The summed E-state index contributed by atoms with van der Waals surface area (Å²) in [5.41, 5.74) is -0.171. The first kappa shape index (κ1) is 13.0. The zero-order chi connectivity index (χ0) is 12.2. The monoisotopic (exact) mass is 252 g/mol. The van der Waals surface area contributed by atoms with Crippen molar-refractivity contribution in [3.63, 3.8) is 0 Å². The van der Waals surface area contributed by atoms with Gasteiger partial charge in [-0.2, -0.15) is 13.2 Å². The third kappa shape index (κ3) is 4.20. The summed E-state index contributed by atoms with van der Waals surface area (Å²) in [6.45, 7) is -0.209. The zero-order valence-electron chi connectivity index (χ0n) is 8.05. The number of hydrogen-bond acceptors (Lipinski definition) is 2. The smallest absolute Gasteiger partial charge is 0.368 e. The summed E-state index contributed by atoms with van der Waals surface area (Å²) in [6, 6.07) is 4.51. The van der Waals surface area contributed by atoms with E-state index in [-0.39, 0.29) is 13.2 Å². The van der Waals surface area contributed by atoms with Gasteiger partial charge in [0.05, 0.1) is 12.2 Å². The predicted molar refractivity (Wildman–Crippen MR) is 52.0 cm³/mol. The molecule has 88 valence electrons. The molecule has 0 aliphatic rings. The fourth-order valence-electron chi connectivity index (χ4n) is 1.04. The van der Waals surface area contributed by atoms with Gasteiger partial charge in [0.25, 0.3) is 0 Å². The Morgan fingerprint density at radius 1 is 1.25 bits per heavy atom. The van der Waals surface area contributed by atoms with E-state index in [4.69, 9.17) is 16.3 Å². The van der Waals surface area contributed by atoms with E-state index in [0.717, 1.165) is 12.1 Å². The summed E-state index contributed by atoms with van der Waals surface area (Å²) in [7, 11) is 0. The zero-order valence-corrected chi connectivity index (χ0v) is 8.81. The second-order valence-electron chi connectivity index (χ2n) is 3.04. The SMILES string of the molecule is O=C(Cl)COCc1ccc(C(F)(F)F)cc1. The third-order valence-electron chi connectivity index (χ3n) is 1.77. The van der Waals surface area contributed by atoms with Crippen LogP contribution in [0, 0.1) is 0 Å². The fraction of sp³-hybridized carbons (Fsp3) is 0.300. The molecule has 0 spiro atoms. The summed E-state index contributed by atoms with van der Waals surface area (Å²) >= 11 is 5.02. The Bertz CT molecular complexity index is 359. The predicted octanol–water partition coefficient (Wildman–Crippen LogP) is 2.99. The number of ether oxygens (including phenoxy) is 1. The number of halogens is 4. The van der Waals surface area contributed by atoms with Gasteiger partial charge in [-0.25, -0.2) is 0 Å². The van der Waals surface area contributed by atoms with Crippen LogP contribution in [-0.4, -0.2) is 11.8 Å². The van der Waals surface area contributed by atoms with Crippen molar-refractivity contribution in [1.82, 2.24) is 0 Å². The first-order chi connectivity index (χ1) is 7.39. The molecule has 0 aliphatic carbocycles. The molecule has 0 radical (unpaired) electrons. The van der Waals surface area contributed by atoms with Crippen molar-refractivity contribution >= 4 is 16.8 Å². The molecule has 0 bridgehead atoms. The number of benzene rings is 1. The van der Waals surface area contributed by atoms with E-state index in [0.29, 0.717) is 5.56 Å². The van der Waals surface area contributed by atoms with Gasteiger partial charge in [-0.05, 0) is 29.3 Å². The van der Waals surface area contributed by atoms with Crippen molar-refractivity contribution in [1.29, 1.82) is 0 Å². The Labute approximate surface area is 95.0 Å². The highest BCUT2D eigenvalue weighted by Crippen LogP contribution is 2.29. The molecule has 6 heteroatoms. The molecule has 0 atom stereocenters. The second kappa shape index (κ2) is 5.32. The second-order valence-corrected chi connectivity index (χ2v) is 3.46. The van der Waals surface area contributed by atoms with Crippen molar-refractivity contribution in [2.45, 2.75) is 12.8 Å². The van der Waals surface area contributed by atoms with Crippen molar-refractivity contribution < 1.29 is 22.7 Å². The van der Waals surface area contributed by atoms with Crippen LogP contribution >= 0.6 is 11.6 Å². The molecule has 1 aromatic rings. The van der Waals surface area contributed by atoms with Crippen LogP contribution in [0.1, 0.15) is 11.1 Å². The summed E-state index contributed by atoms with van der Waals surface area (Å²) in [5.74, 6) is 0. The van der Waals surface area contributed by atoms with Gasteiger partial charge in [0.15, 0.2) is 0 Å². The van der Waals surface area contributed by atoms with Gasteiger partial charge >= 0.3 is 6.18 Å². The van der Waals surface area contributed by atoms with Crippen LogP contribution < -0.4 is 0 Å². The molecule has 0 amide bonds. The van der Waals surface area contributed by atoms with Crippen LogP contribution in [0.25, 0.3) is 0 Å². The Morgan fingerprint density at radius 2 is 1.81 bits per heavy atom. The third-order valence-corrected chi connectivity index (χ3v) is 1.87. The van der Waals surface area contributed by atoms with Crippen molar-refractivity contribution in [3.05, 3.63) is 35.4 Å². The van der Waals surface area contributed by atoms with Crippen LogP contribution in [0.5, 0.6) is 0 Å². The average molecular weight is 253 g/mol. The molecule has 0 unspecified atom stereocenters.